The molecule has 0 unspecified atom stereocenters. The van der Waals surface area contributed by atoms with Crippen molar-refractivity contribution in [2.24, 2.45) is 0 Å². The quantitative estimate of drug-likeness (QED) is 0.246. The lowest BCUT2D eigenvalue weighted by Crippen LogP contribution is -2.14. The van der Waals surface area contributed by atoms with Crippen molar-refractivity contribution in [3.8, 4) is 0 Å². The van der Waals surface area contributed by atoms with Gasteiger partial charge in [-0.25, -0.2) is 8.42 Å². The molecule has 1 aliphatic rings. The molecule has 2 heterocycles. The second-order valence-corrected chi connectivity index (χ2v) is 14.5. The summed E-state index contributed by atoms with van der Waals surface area (Å²) < 4.78 is 23.3. The number of anilines is 2. The Morgan fingerprint density at radius 1 is 0.762 bits per heavy atom. The lowest BCUT2D eigenvalue weighted by atomic mass is 9.82. The van der Waals surface area contributed by atoms with E-state index < -0.39 is 9.84 Å². The number of amides is 2. The van der Waals surface area contributed by atoms with E-state index in [1.165, 1.54) is 40.4 Å². The van der Waals surface area contributed by atoms with Gasteiger partial charge in [0.05, 0.1) is 17.7 Å². The lowest BCUT2D eigenvalue weighted by Gasteiger charge is -2.25. The van der Waals surface area contributed by atoms with Crippen LogP contribution in [-0.2, 0) is 38.7 Å². The predicted molar refractivity (Wildman–Crippen MR) is 164 cm³/mol. The molecule has 13 heteroatoms. The highest BCUT2D eigenvalue weighted by atomic mass is 32.2. The summed E-state index contributed by atoms with van der Waals surface area (Å²) in [6, 6.07) is 14.3. The van der Waals surface area contributed by atoms with Gasteiger partial charge in [-0.3, -0.25) is 9.59 Å². The summed E-state index contributed by atoms with van der Waals surface area (Å²) in [5, 5.41) is 25.6. The maximum atomic E-state index is 12.6. The molecule has 0 saturated heterocycles. The molecular formula is C29H32N6O4S3. The second-order valence-electron chi connectivity index (χ2n) is 10.5. The molecular weight excluding hydrogens is 593 g/mol. The van der Waals surface area contributed by atoms with E-state index in [0.717, 1.165) is 53.9 Å². The standard InChI is InChI=1S/C29H32N6O4S3/c1-3-18-7-9-19(10-8-18)15-24(36)30-28-34-32-26(40-28)21-5-4-6-22(17-21)27-33-35-29(41-27)31-25(37)16-20-11-13-23(14-12-20)42(2,38)39/h7-14,21-22H,3-6,15-17H2,1-2H3,(H,30,34,36)(H,31,35,37)/t21-,22-/m0/s1. The van der Waals surface area contributed by atoms with E-state index in [0.29, 0.717) is 15.8 Å². The number of rotatable bonds is 10. The van der Waals surface area contributed by atoms with Crippen molar-refractivity contribution >= 4 is 54.6 Å². The monoisotopic (exact) mass is 624 g/mol. The Kier molecular flexibility index (Phi) is 9.39. The molecule has 1 aliphatic carbocycles. The van der Waals surface area contributed by atoms with Crippen LogP contribution in [-0.4, -0.2) is 46.9 Å². The van der Waals surface area contributed by atoms with Crippen molar-refractivity contribution in [3.05, 3.63) is 75.2 Å². The van der Waals surface area contributed by atoms with Crippen molar-refractivity contribution in [1.82, 2.24) is 20.4 Å². The van der Waals surface area contributed by atoms with Crippen LogP contribution >= 0.6 is 22.7 Å². The maximum absolute atomic E-state index is 12.6. The third kappa shape index (κ3) is 7.84. The summed E-state index contributed by atoms with van der Waals surface area (Å²) in [4.78, 5) is 25.3. The number of carbonyl (C=O) groups excluding carboxylic acids is 2. The van der Waals surface area contributed by atoms with Crippen molar-refractivity contribution in [3.63, 3.8) is 0 Å². The molecule has 220 valence electrons. The molecule has 1 saturated carbocycles. The highest BCUT2D eigenvalue weighted by Crippen LogP contribution is 2.43. The summed E-state index contributed by atoms with van der Waals surface area (Å²) in [7, 11) is -3.28. The summed E-state index contributed by atoms with van der Waals surface area (Å²) in [5.41, 5.74) is 2.91. The van der Waals surface area contributed by atoms with Crippen LogP contribution in [0.1, 0.15) is 71.1 Å². The molecule has 2 N–H and O–H groups in total. The first-order valence-corrected chi connectivity index (χ1v) is 17.3. The van der Waals surface area contributed by atoms with Gasteiger partial charge in [-0.15, -0.1) is 20.4 Å². The Labute approximate surface area is 252 Å². The third-order valence-electron chi connectivity index (χ3n) is 7.26. The van der Waals surface area contributed by atoms with E-state index in [4.69, 9.17) is 0 Å². The molecule has 2 aromatic carbocycles. The molecule has 0 spiro atoms. The van der Waals surface area contributed by atoms with Crippen molar-refractivity contribution in [2.75, 3.05) is 16.9 Å². The second kappa shape index (κ2) is 13.2. The van der Waals surface area contributed by atoms with E-state index in [1.54, 1.807) is 12.1 Å². The molecule has 0 radical (unpaired) electrons. The molecule has 0 bridgehead atoms. The number of sulfone groups is 1. The number of aromatic nitrogens is 4. The minimum absolute atomic E-state index is 0.103. The minimum Gasteiger partial charge on any atom is -0.300 e. The molecule has 2 atom stereocenters. The first kappa shape index (κ1) is 29.9. The number of nitrogens with zero attached hydrogens (tertiary/aromatic N) is 4. The molecule has 2 amide bonds. The van der Waals surface area contributed by atoms with Gasteiger partial charge in [0, 0.05) is 18.1 Å². The Hall–Kier alpha value is -3.55. The number of nitrogens with one attached hydrogen (secondary N) is 2. The lowest BCUT2D eigenvalue weighted by molar-refractivity contribution is -0.116. The fraction of sp³-hybridized carbons (Fsp3) is 0.379. The molecule has 42 heavy (non-hydrogen) atoms. The number of aryl methyl sites for hydroxylation is 1. The molecule has 5 rings (SSSR count). The summed E-state index contributed by atoms with van der Waals surface area (Å²) in [5.74, 6) is 0.0550. The van der Waals surface area contributed by atoms with E-state index in [-0.39, 0.29) is 41.4 Å². The predicted octanol–water partition coefficient (Wildman–Crippen LogP) is 5.16. The number of hydrogen-bond acceptors (Lipinski definition) is 10. The normalized spacial score (nSPS) is 17.1. The van der Waals surface area contributed by atoms with E-state index in [9.17, 15) is 18.0 Å². The highest BCUT2D eigenvalue weighted by Gasteiger charge is 2.29. The van der Waals surface area contributed by atoms with Crippen LogP contribution in [0.25, 0.3) is 0 Å². The fourth-order valence-corrected chi connectivity index (χ4v) is 7.43. The molecule has 2 aromatic heterocycles. The van der Waals surface area contributed by atoms with Crippen molar-refractivity contribution in [2.45, 2.75) is 68.6 Å². The molecule has 4 aromatic rings. The van der Waals surface area contributed by atoms with Crippen LogP contribution in [0, 0.1) is 0 Å². The van der Waals surface area contributed by atoms with Crippen molar-refractivity contribution in [1.29, 1.82) is 0 Å². The smallest absolute Gasteiger partial charge is 0.230 e. The Bertz CT molecular complexity index is 1650. The zero-order valence-corrected chi connectivity index (χ0v) is 25.8. The summed E-state index contributed by atoms with van der Waals surface area (Å²) >= 11 is 2.80. The molecule has 0 aliphatic heterocycles. The van der Waals surface area contributed by atoms with E-state index >= 15 is 0 Å². The molecule has 10 nitrogen and oxygen atoms in total. The largest absolute Gasteiger partial charge is 0.300 e. The van der Waals surface area contributed by atoms with Gasteiger partial charge >= 0.3 is 0 Å². The van der Waals surface area contributed by atoms with Gasteiger partial charge in [-0.05, 0) is 54.5 Å². The van der Waals surface area contributed by atoms with Crippen LogP contribution in [0.5, 0.6) is 0 Å². The number of benzene rings is 2. The summed E-state index contributed by atoms with van der Waals surface area (Å²) in [6.07, 6.45) is 6.33. The average molecular weight is 625 g/mol. The SMILES string of the molecule is CCc1ccc(CC(=O)Nc2nnc([C@H]3CCC[C@H](c4nnc(NC(=O)Cc5ccc(S(C)(=O)=O)cc5)s4)C3)s2)cc1. The minimum atomic E-state index is -3.28. The van der Waals surface area contributed by atoms with Gasteiger partial charge in [0.15, 0.2) is 9.84 Å². The van der Waals surface area contributed by atoms with Crippen LogP contribution in [0.15, 0.2) is 53.4 Å². The first-order chi connectivity index (χ1) is 20.2. The van der Waals surface area contributed by atoms with Gasteiger partial charge < -0.3 is 10.6 Å². The average Bonchev–Trinajstić information content (AvgIpc) is 3.63. The van der Waals surface area contributed by atoms with Crippen molar-refractivity contribution < 1.29 is 18.0 Å². The Morgan fingerprint density at radius 3 is 1.67 bits per heavy atom. The zero-order valence-electron chi connectivity index (χ0n) is 23.4. The fourth-order valence-electron chi connectivity index (χ4n) is 4.98. The summed E-state index contributed by atoms with van der Waals surface area (Å²) in [6.45, 7) is 2.10. The van der Waals surface area contributed by atoms with E-state index in [1.807, 2.05) is 24.3 Å². The third-order valence-corrected chi connectivity index (χ3v) is 10.4. The topological polar surface area (TPSA) is 144 Å². The van der Waals surface area contributed by atoms with Gasteiger partial charge in [-0.2, -0.15) is 0 Å². The van der Waals surface area contributed by atoms with Gasteiger partial charge in [-0.1, -0.05) is 72.4 Å². The number of hydrogen-bond donors (Lipinski definition) is 2. The van der Waals surface area contributed by atoms with Crippen LogP contribution in [0.2, 0.25) is 0 Å². The first-order valence-electron chi connectivity index (χ1n) is 13.8. The van der Waals surface area contributed by atoms with Gasteiger partial charge in [0.1, 0.15) is 10.0 Å². The zero-order chi connectivity index (χ0) is 29.7. The maximum Gasteiger partial charge on any atom is 0.230 e. The Balaban J connectivity index is 1.13. The van der Waals surface area contributed by atoms with Gasteiger partial charge in [0.25, 0.3) is 0 Å². The van der Waals surface area contributed by atoms with Crippen LogP contribution < -0.4 is 10.6 Å². The van der Waals surface area contributed by atoms with Crippen LogP contribution in [0.3, 0.4) is 0 Å². The Morgan fingerprint density at radius 2 is 1.21 bits per heavy atom. The highest BCUT2D eigenvalue weighted by molar-refractivity contribution is 7.90. The molecule has 1 fully saturated rings. The van der Waals surface area contributed by atoms with Crippen LogP contribution in [0.4, 0.5) is 10.3 Å². The number of carbonyl (C=O) groups is 2. The van der Waals surface area contributed by atoms with Gasteiger partial charge in [0.2, 0.25) is 22.1 Å². The van der Waals surface area contributed by atoms with E-state index in [2.05, 4.69) is 38.0 Å².